The van der Waals surface area contributed by atoms with Gasteiger partial charge in [0.25, 0.3) is 0 Å². The molecular weight excluding hydrogens is 787 g/mol. The molecule has 1 heterocycles. The predicted octanol–water partition coefficient (Wildman–Crippen LogP) is 17.0. The molecule has 312 valence electrons. The maximum absolute atomic E-state index is 2.45. The lowest BCUT2D eigenvalue weighted by Crippen LogP contribution is -2.19. The number of fused-ring (bicyclic) bond motifs is 7. The van der Waals surface area contributed by atoms with E-state index < -0.39 is 0 Å². The van der Waals surface area contributed by atoms with Gasteiger partial charge >= 0.3 is 0 Å². The van der Waals surface area contributed by atoms with Crippen LogP contribution < -0.4 is 9.80 Å². The van der Waals surface area contributed by atoms with Crippen LogP contribution in [0.4, 0.5) is 28.4 Å². The van der Waals surface area contributed by atoms with Crippen LogP contribution in [0.25, 0.3) is 60.5 Å². The molecule has 2 aliphatic rings. The molecule has 1 atom stereocenters. The molecule has 3 nitrogen and oxygen atoms in total. The summed E-state index contributed by atoms with van der Waals surface area (Å²) >= 11 is 0. The van der Waals surface area contributed by atoms with Crippen molar-refractivity contribution in [2.45, 2.75) is 32.6 Å². The molecule has 65 heavy (non-hydrogen) atoms. The zero-order valence-corrected chi connectivity index (χ0v) is 37.0. The standard InChI is InChI=1S/C62H49N3/c1-42-29-32-48(33-30-42)63(46-19-6-4-7-20-46)50-37-45(44-31-36-61-56(39-44)55-25-13-15-27-60(55)65(61)59-28-16-18-43-17-10-11-23-52(43)59)38-51(40-50)64(47-21-8-5-9-22-47)49-34-35-54-53-24-12-14-26-57(53)62(2,3)58(54)41-49/h4-29,31-42H,30H2,1-3H3. The zero-order chi connectivity index (χ0) is 43.6. The molecule has 0 bridgehead atoms. The van der Waals surface area contributed by atoms with Crippen LogP contribution in [0.1, 0.15) is 38.3 Å². The number of hydrogen-bond donors (Lipinski definition) is 0. The van der Waals surface area contributed by atoms with Crippen LogP contribution in [0, 0.1) is 5.92 Å². The highest BCUT2D eigenvalue weighted by atomic mass is 15.2. The van der Waals surface area contributed by atoms with Crippen molar-refractivity contribution in [2.75, 3.05) is 9.80 Å². The highest BCUT2D eigenvalue weighted by molar-refractivity contribution is 6.12. The van der Waals surface area contributed by atoms with Gasteiger partial charge in [0.1, 0.15) is 0 Å². The van der Waals surface area contributed by atoms with Gasteiger partial charge in [-0.1, -0.05) is 160 Å². The molecule has 12 rings (SSSR count). The minimum absolute atomic E-state index is 0.140. The lowest BCUT2D eigenvalue weighted by Gasteiger charge is -2.32. The largest absolute Gasteiger partial charge is 0.311 e. The number of anilines is 5. The van der Waals surface area contributed by atoms with Crippen molar-refractivity contribution in [2.24, 2.45) is 5.92 Å². The maximum atomic E-state index is 2.45. The summed E-state index contributed by atoms with van der Waals surface area (Å²) in [5, 5.41) is 4.93. The first kappa shape index (κ1) is 38.8. The van der Waals surface area contributed by atoms with E-state index in [2.05, 4.69) is 260 Å². The second-order valence-electron chi connectivity index (χ2n) is 18.3. The molecule has 1 aromatic heterocycles. The maximum Gasteiger partial charge on any atom is 0.0541 e. The highest BCUT2D eigenvalue weighted by Gasteiger charge is 2.36. The summed E-state index contributed by atoms with van der Waals surface area (Å²) in [6.07, 6.45) is 8.03. The van der Waals surface area contributed by atoms with Crippen LogP contribution in [0.15, 0.2) is 230 Å². The third-order valence-electron chi connectivity index (χ3n) is 13.8. The molecule has 10 aromatic rings. The fraction of sp³-hybridized carbons (Fsp3) is 0.0968. The minimum atomic E-state index is -0.140. The average molecular weight is 836 g/mol. The second kappa shape index (κ2) is 15.4. The molecule has 0 saturated carbocycles. The summed E-state index contributed by atoms with van der Waals surface area (Å²) in [5.41, 5.74) is 17.8. The third-order valence-corrected chi connectivity index (χ3v) is 13.8. The Morgan fingerprint density at radius 2 is 1.11 bits per heavy atom. The van der Waals surface area contributed by atoms with E-state index in [1.54, 1.807) is 0 Å². The van der Waals surface area contributed by atoms with E-state index in [9.17, 15) is 0 Å². The van der Waals surface area contributed by atoms with E-state index in [4.69, 9.17) is 0 Å². The fourth-order valence-corrected chi connectivity index (χ4v) is 10.6. The SMILES string of the molecule is CC1C=CC(N(c2ccccc2)c2cc(-c3ccc4c(c3)c3ccccc3n4-c3cccc4ccccc34)cc(N(c3ccccc3)c3ccc4c(c3)C(C)(C)c3ccccc3-4)c2)=CC1. The number of rotatable bonds is 8. The first-order valence-electron chi connectivity index (χ1n) is 22.9. The Balaban J connectivity index is 1.10. The van der Waals surface area contributed by atoms with Crippen molar-refractivity contribution in [1.29, 1.82) is 0 Å². The molecule has 0 aliphatic heterocycles. The number of aromatic nitrogens is 1. The van der Waals surface area contributed by atoms with E-state index in [1.165, 1.54) is 66.2 Å². The molecule has 1 unspecified atom stereocenters. The normalized spacial score (nSPS) is 14.9. The molecule has 0 spiro atoms. The molecule has 0 fully saturated rings. The Morgan fingerprint density at radius 3 is 1.89 bits per heavy atom. The van der Waals surface area contributed by atoms with Gasteiger partial charge in [-0.15, -0.1) is 0 Å². The second-order valence-corrected chi connectivity index (χ2v) is 18.3. The quantitative estimate of drug-likeness (QED) is 0.151. The summed E-state index contributed by atoms with van der Waals surface area (Å²) < 4.78 is 2.45. The molecule has 3 heteroatoms. The van der Waals surface area contributed by atoms with Crippen molar-refractivity contribution < 1.29 is 0 Å². The van der Waals surface area contributed by atoms with Gasteiger partial charge in [-0.05, 0) is 136 Å². The fourth-order valence-electron chi connectivity index (χ4n) is 10.6. The van der Waals surface area contributed by atoms with Crippen molar-refractivity contribution in [1.82, 2.24) is 4.57 Å². The molecule has 0 radical (unpaired) electrons. The molecular formula is C62H49N3. The highest BCUT2D eigenvalue weighted by Crippen LogP contribution is 2.51. The first-order chi connectivity index (χ1) is 31.9. The van der Waals surface area contributed by atoms with E-state index in [0.29, 0.717) is 5.92 Å². The molecule has 2 aliphatic carbocycles. The van der Waals surface area contributed by atoms with E-state index in [-0.39, 0.29) is 5.41 Å². The molecule has 9 aromatic carbocycles. The predicted molar refractivity (Wildman–Crippen MR) is 276 cm³/mol. The van der Waals surface area contributed by atoms with Crippen LogP contribution in [0.2, 0.25) is 0 Å². The number of hydrogen-bond acceptors (Lipinski definition) is 2. The van der Waals surface area contributed by atoms with Gasteiger partial charge < -0.3 is 14.4 Å². The summed E-state index contributed by atoms with van der Waals surface area (Å²) in [6.45, 7) is 7.02. The Hall–Kier alpha value is -7.88. The van der Waals surface area contributed by atoms with Gasteiger partial charge in [-0.2, -0.15) is 0 Å². The van der Waals surface area contributed by atoms with Gasteiger partial charge in [0.15, 0.2) is 0 Å². The Kier molecular flexibility index (Phi) is 9.20. The van der Waals surface area contributed by atoms with Gasteiger partial charge in [-0.25, -0.2) is 0 Å². The smallest absolute Gasteiger partial charge is 0.0541 e. The Labute approximate surface area is 381 Å². The van der Waals surface area contributed by atoms with Crippen LogP contribution in [0.5, 0.6) is 0 Å². The van der Waals surface area contributed by atoms with Crippen molar-refractivity contribution in [3.63, 3.8) is 0 Å². The number of para-hydroxylation sites is 3. The van der Waals surface area contributed by atoms with Crippen LogP contribution >= 0.6 is 0 Å². The molecule has 0 N–H and O–H groups in total. The third kappa shape index (κ3) is 6.49. The van der Waals surface area contributed by atoms with Gasteiger partial charge in [0.2, 0.25) is 0 Å². The lowest BCUT2D eigenvalue weighted by molar-refractivity contribution is 0.660. The van der Waals surface area contributed by atoms with E-state index in [0.717, 1.165) is 46.0 Å². The summed E-state index contributed by atoms with van der Waals surface area (Å²) in [7, 11) is 0. The van der Waals surface area contributed by atoms with Crippen molar-refractivity contribution >= 4 is 61.0 Å². The van der Waals surface area contributed by atoms with Crippen LogP contribution in [0.3, 0.4) is 0 Å². The number of allylic oxidation sites excluding steroid dienone is 3. The zero-order valence-electron chi connectivity index (χ0n) is 37.0. The van der Waals surface area contributed by atoms with Gasteiger partial charge in [-0.3, -0.25) is 0 Å². The Morgan fingerprint density at radius 1 is 0.462 bits per heavy atom. The van der Waals surface area contributed by atoms with E-state index in [1.807, 2.05) is 0 Å². The number of benzene rings is 9. The van der Waals surface area contributed by atoms with Crippen molar-refractivity contribution in [3.8, 4) is 27.9 Å². The average Bonchev–Trinajstić information content (AvgIpc) is 3.80. The summed E-state index contributed by atoms with van der Waals surface area (Å²) in [5.74, 6) is 0.491. The van der Waals surface area contributed by atoms with Crippen LogP contribution in [-0.4, -0.2) is 4.57 Å². The van der Waals surface area contributed by atoms with E-state index >= 15 is 0 Å². The van der Waals surface area contributed by atoms with Crippen LogP contribution in [-0.2, 0) is 5.41 Å². The monoisotopic (exact) mass is 835 g/mol. The first-order valence-corrected chi connectivity index (χ1v) is 22.9. The van der Waals surface area contributed by atoms with Gasteiger partial charge in [0, 0.05) is 55.7 Å². The molecule has 0 saturated heterocycles. The minimum Gasteiger partial charge on any atom is -0.311 e. The summed E-state index contributed by atoms with van der Waals surface area (Å²) in [6, 6.07) is 76.1. The Bertz CT molecular complexity index is 3510. The summed E-state index contributed by atoms with van der Waals surface area (Å²) in [4.78, 5) is 4.89. The lowest BCUT2D eigenvalue weighted by atomic mass is 9.82. The van der Waals surface area contributed by atoms with Gasteiger partial charge in [0.05, 0.1) is 16.7 Å². The molecule has 0 amide bonds. The number of nitrogens with zero attached hydrogens (tertiary/aromatic N) is 3. The topological polar surface area (TPSA) is 11.4 Å². The van der Waals surface area contributed by atoms with Crippen molar-refractivity contribution in [3.05, 3.63) is 241 Å².